The first-order valence-electron chi connectivity index (χ1n) is 9.58. The summed E-state index contributed by atoms with van der Waals surface area (Å²) in [5.74, 6) is 0.909. The van der Waals surface area contributed by atoms with Gasteiger partial charge < -0.3 is 5.32 Å². The Labute approximate surface area is 179 Å². The van der Waals surface area contributed by atoms with Gasteiger partial charge in [-0.2, -0.15) is 0 Å². The zero-order valence-electron chi connectivity index (χ0n) is 16.5. The Morgan fingerprint density at radius 2 is 1.73 bits per heavy atom. The molecular weight excluding hydrogens is 394 g/mol. The molecule has 0 saturated carbocycles. The van der Waals surface area contributed by atoms with Crippen LogP contribution in [0.1, 0.15) is 11.3 Å². The Morgan fingerprint density at radius 1 is 0.967 bits per heavy atom. The monoisotopic (exact) mass is 415 g/mol. The van der Waals surface area contributed by atoms with E-state index in [0.717, 1.165) is 22.8 Å². The number of carbonyl (C=O) groups is 1. The molecule has 30 heavy (non-hydrogen) atoms. The van der Waals surface area contributed by atoms with Gasteiger partial charge in [-0.05, 0) is 31.2 Å². The van der Waals surface area contributed by atoms with Crippen molar-refractivity contribution in [3.05, 3.63) is 90.3 Å². The molecule has 0 unspecified atom stereocenters. The molecule has 4 aromatic rings. The lowest BCUT2D eigenvalue weighted by atomic mass is 10.2. The zero-order chi connectivity index (χ0) is 20.8. The molecule has 0 saturated heterocycles. The number of rotatable bonds is 7. The number of aryl methyl sites for hydroxylation is 1. The summed E-state index contributed by atoms with van der Waals surface area (Å²) < 4.78 is 1.99. The SMILES string of the molecule is Cc1ccc(-n2c(SCC(=O)NCc3ccccn3)nnc2-c2ccccc2)cc1. The minimum absolute atomic E-state index is 0.0784. The first-order valence-corrected chi connectivity index (χ1v) is 10.6. The van der Waals surface area contributed by atoms with Gasteiger partial charge in [-0.3, -0.25) is 14.3 Å². The highest BCUT2D eigenvalue weighted by atomic mass is 32.2. The molecule has 2 aromatic heterocycles. The number of carbonyl (C=O) groups excluding carboxylic acids is 1. The topological polar surface area (TPSA) is 72.7 Å². The molecule has 1 amide bonds. The van der Waals surface area contributed by atoms with Crippen molar-refractivity contribution in [1.29, 1.82) is 0 Å². The smallest absolute Gasteiger partial charge is 0.230 e. The van der Waals surface area contributed by atoms with Crippen molar-refractivity contribution in [3.63, 3.8) is 0 Å². The van der Waals surface area contributed by atoms with Gasteiger partial charge in [0.15, 0.2) is 11.0 Å². The fourth-order valence-corrected chi connectivity index (χ4v) is 3.72. The van der Waals surface area contributed by atoms with Crippen LogP contribution in [0.3, 0.4) is 0 Å². The molecule has 2 heterocycles. The van der Waals surface area contributed by atoms with Gasteiger partial charge in [0, 0.05) is 17.4 Å². The molecule has 0 spiro atoms. The van der Waals surface area contributed by atoms with Gasteiger partial charge in [-0.25, -0.2) is 0 Å². The standard InChI is InChI=1S/C23H21N5OS/c1-17-10-12-20(13-11-17)28-22(18-7-3-2-4-8-18)26-27-23(28)30-16-21(29)25-15-19-9-5-6-14-24-19/h2-14H,15-16H2,1H3,(H,25,29). The van der Waals surface area contributed by atoms with Crippen LogP contribution in [0, 0.1) is 6.92 Å². The van der Waals surface area contributed by atoms with Gasteiger partial charge in [-0.15, -0.1) is 10.2 Å². The third-order valence-corrected chi connectivity index (χ3v) is 5.41. The van der Waals surface area contributed by atoms with E-state index in [0.29, 0.717) is 11.7 Å². The summed E-state index contributed by atoms with van der Waals surface area (Å²) >= 11 is 1.36. The number of aromatic nitrogens is 4. The number of nitrogens with one attached hydrogen (secondary N) is 1. The van der Waals surface area contributed by atoms with Crippen molar-refractivity contribution in [2.24, 2.45) is 0 Å². The van der Waals surface area contributed by atoms with Crippen LogP contribution in [-0.4, -0.2) is 31.4 Å². The average Bonchev–Trinajstić information content (AvgIpc) is 3.22. The molecule has 0 fully saturated rings. The molecule has 2 aromatic carbocycles. The van der Waals surface area contributed by atoms with Gasteiger partial charge in [0.2, 0.25) is 5.91 Å². The third kappa shape index (κ3) is 4.75. The van der Waals surface area contributed by atoms with Crippen LogP contribution in [0.15, 0.2) is 84.1 Å². The minimum Gasteiger partial charge on any atom is -0.350 e. The minimum atomic E-state index is -0.0784. The predicted molar refractivity (Wildman–Crippen MR) is 118 cm³/mol. The number of pyridine rings is 1. The molecular formula is C23H21N5OS. The van der Waals surface area contributed by atoms with Crippen molar-refractivity contribution < 1.29 is 4.79 Å². The third-order valence-electron chi connectivity index (χ3n) is 4.48. The summed E-state index contributed by atoms with van der Waals surface area (Å²) in [5.41, 5.74) is 3.93. The van der Waals surface area contributed by atoms with E-state index < -0.39 is 0 Å². The molecule has 4 rings (SSSR count). The number of benzene rings is 2. The molecule has 150 valence electrons. The number of hydrogen-bond donors (Lipinski definition) is 1. The van der Waals surface area contributed by atoms with Crippen molar-refractivity contribution in [3.8, 4) is 17.1 Å². The summed E-state index contributed by atoms with van der Waals surface area (Å²) in [6.45, 7) is 2.45. The lowest BCUT2D eigenvalue weighted by Gasteiger charge is -2.11. The van der Waals surface area contributed by atoms with E-state index in [-0.39, 0.29) is 11.7 Å². The van der Waals surface area contributed by atoms with E-state index in [1.54, 1.807) is 6.20 Å². The largest absolute Gasteiger partial charge is 0.350 e. The Morgan fingerprint density at radius 3 is 2.47 bits per heavy atom. The lowest BCUT2D eigenvalue weighted by molar-refractivity contribution is -0.118. The molecule has 0 atom stereocenters. The fourth-order valence-electron chi connectivity index (χ4n) is 2.94. The normalized spacial score (nSPS) is 10.7. The second kappa shape index (κ2) is 9.37. The Balaban J connectivity index is 1.53. The molecule has 0 aliphatic heterocycles. The molecule has 0 radical (unpaired) electrons. The second-order valence-corrected chi connectivity index (χ2v) is 7.67. The van der Waals surface area contributed by atoms with Crippen molar-refractivity contribution >= 4 is 17.7 Å². The van der Waals surface area contributed by atoms with E-state index in [1.165, 1.54) is 17.3 Å². The Bertz CT molecular complexity index is 1110. The highest BCUT2D eigenvalue weighted by Crippen LogP contribution is 2.28. The van der Waals surface area contributed by atoms with E-state index in [2.05, 4.69) is 39.6 Å². The average molecular weight is 416 g/mol. The summed E-state index contributed by atoms with van der Waals surface area (Å²) in [5, 5.41) is 12.3. The highest BCUT2D eigenvalue weighted by Gasteiger charge is 2.17. The maximum Gasteiger partial charge on any atom is 0.230 e. The van der Waals surface area contributed by atoms with Crippen LogP contribution in [-0.2, 0) is 11.3 Å². The Kier molecular flexibility index (Phi) is 6.20. The summed E-state index contributed by atoms with van der Waals surface area (Å²) in [4.78, 5) is 16.6. The van der Waals surface area contributed by atoms with Gasteiger partial charge in [0.25, 0.3) is 0 Å². The zero-order valence-corrected chi connectivity index (χ0v) is 17.3. The van der Waals surface area contributed by atoms with E-state index in [9.17, 15) is 4.79 Å². The second-order valence-electron chi connectivity index (χ2n) is 6.73. The van der Waals surface area contributed by atoms with E-state index in [4.69, 9.17) is 0 Å². The molecule has 0 bridgehead atoms. The number of amides is 1. The number of hydrogen-bond acceptors (Lipinski definition) is 5. The van der Waals surface area contributed by atoms with Gasteiger partial charge in [-0.1, -0.05) is 65.9 Å². The molecule has 0 aliphatic rings. The lowest BCUT2D eigenvalue weighted by Crippen LogP contribution is -2.25. The van der Waals surface area contributed by atoms with E-state index >= 15 is 0 Å². The van der Waals surface area contributed by atoms with Gasteiger partial charge >= 0.3 is 0 Å². The van der Waals surface area contributed by atoms with Gasteiger partial charge in [0.1, 0.15) is 0 Å². The van der Waals surface area contributed by atoms with E-state index in [1.807, 2.05) is 65.2 Å². The summed E-state index contributed by atoms with van der Waals surface area (Å²) in [6.07, 6.45) is 1.71. The maximum atomic E-state index is 12.3. The van der Waals surface area contributed by atoms with Crippen LogP contribution >= 0.6 is 11.8 Å². The van der Waals surface area contributed by atoms with Crippen LogP contribution < -0.4 is 5.32 Å². The predicted octanol–water partition coefficient (Wildman–Crippen LogP) is 4.05. The fraction of sp³-hybridized carbons (Fsp3) is 0.130. The first kappa shape index (κ1) is 19.8. The first-order chi connectivity index (χ1) is 14.7. The maximum absolute atomic E-state index is 12.3. The van der Waals surface area contributed by atoms with Crippen molar-refractivity contribution in [2.75, 3.05) is 5.75 Å². The molecule has 7 heteroatoms. The molecule has 6 nitrogen and oxygen atoms in total. The molecule has 0 aliphatic carbocycles. The quantitative estimate of drug-likeness (QED) is 0.461. The van der Waals surface area contributed by atoms with Crippen LogP contribution in [0.5, 0.6) is 0 Å². The van der Waals surface area contributed by atoms with Crippen LogP contribution in [0.4, 0.5) is 0 Å². The molecule has 1 N–H and O–H groups in total. The van der Waals surface area contributed by atoms with Gasteiger partial charge in [0.05, 0.1) is 18.0 Å². The van der Waals surface area contributed by atoms with Crippen molar-refractivity contribution in [2.45, 2.75) is 18.6 Å². The highest BCUT2D eigenvalue weighted by molar-refractivity contribution is 7.99. The van der Waals surface area contributed by atoms with Crippen molar-refractivity contribution in [1.82, 2.24) is 25.1 Å². The summed E-state index contributed by atoms with van der Waals surface area (Å²) in [6, 6.07) is 23.7. The Hall–Kier alpha value is -3.45. The van der Waals surface area contributed by atoms with Crippen LogP contribution in [0.25, 0.3) is 17.1 Å². The summed E-state index contributed by atoms with van der Waals surface area (Å²) in [7, 11) is 0. The number of nitrogens with zero attached hydrogens (tertiary/aromatic N) is 4. The van der Waals surface area contributed by atoms with Crippen LogP contribution in [0.2, 0.25) is 0 Å². The number of thioether (sulfide) groups is 1.